The number of hydrogen-bond acceptors (Lipinski definition) is 5. The lowest BCUT2D eigenvalue weighted by atomic mass is 10.0. The van der Waals surface area contributed by atoms with Crippen molar-refractivity contribution in [3.8, 4) is 0 Å². The minimum Gasteiger partial charge on any atom is -0.337 e. The molecule has 138 valence electrons. The summed E-state index contributed by atoms with van der Waals surface area (Å²) in [6, 6.07) is 1.45. The molecule has 2 atom stereocenters. The quantitative estimate of drug-likeness (QED) is 0.875. The second kappa shape index (κ2) is 6.22. The molecule has 26 heavy (non-hydrogen) atoms. The molecule has 0 spiro atoms. The summed E-state index contributed by atoms with van der Waals surface area (Å²) < 4.78 is 3.64. The third-order valence-electron chi connectivity index (χ3n) is 5.25. The zero-order valence-electron chi connectivity index (χ0n) is 15.2. The van der Waals surface area contributed by atoms with Crippen LogP contribution in [0.25, 0.3) is 0 Å². The second-order valence-corrected chi connectivity index (χ2v) is 7.27. The van der Waals surface area contributed by atoms with Crippen LogP contribution in [0.15, 0.2) is 12.3 Å². The molecule has 2 aliphatic rings. The van der Waals surface area contributed by atoms with Crippen molar-refractivity contribution in [3.05, 3.63) is 23.9 Å². The van der Waals surface area contributed by atoms with Gasteiger partial charge in [0.15, 0.2) is 0 Å². The Morgan fingerprint density at radius 3 is 2.92 bits per heavy atom. The van der Waals surface area contributed by atoms with E-state index in [4.69, 9.17) is 0 Å². The normalized spacial score (nSPS) is 22.3. The van der Waals surface area contributed by atoms with Crippen LogP contribution in [0.3, 0.4) is 0 Å². The summed E-state index contributed by atoms with van der Waals surface area (Å²) in [7, 11) is 1.69. The van der Waals surface area contributed by atoms with Gasteiger partial charge in [-0.25, -0.2) is 14.3 Å². The molecule has 0 radical (unpaired) electrons. The number of aromatic nitrogens is 5. The van der Waals surface area contributed by atoms with E-state index in [0.717, 1.165) is 24.5 Å². The van der Waals surface area contributed by atoms with Crippen LogP contribution in [0, 0.1) is 5.92 Å². The lowest BCUT2D eigenvalue weighted by Gasteiger charge is -2.20. The zero-order chi connectivity index (χ0) is 18.4. The fourth-order valence-electron chi connectivity index (χ4n) is 3.76. The summed E-state index contributed by atoms with van der Waals surface area (Å²) in [6.45, 7) is 4.85. The van der Waals surface area contributed by atoms with Crippen LogP contribution in [0.5, 0.6) is 0 Å². The first-order valence-electron chi connectivity index (χ1n) is 9.01. The Hall–Kier alpha value is -2.71. The van der Waals surface area contributed by atoms with Gasteiger partial charge in [0.2, 0.25) is 5.82 Å². The summed E-state index contributed by atoms with van der Waals surface area (Å²) in [4.78, 5) is 31.2. The van der Waals surface area contributed by atoms with Gasteiger partial charge in [-0.05, 0) is 18.8 Å². The molecule has 2 aromatic heterocycles. The molecule has 0 aliphatic carbocycles. The first-order chi connectivity index (χ1) is 12.5. The highest BCUT2D eigenvalue weighted by Crippen LogP contribution is 2.30. The van der Waals surface area contributed by atoms with Crippen LogP contribution in [0.2, 0.25) is 0 Å². The number of carbonyl (C=O) groups is 2. The molecule has 1 N–H and O–H groups in total. The molecule has 0 fully saturated rings. The molecule has 0 aromatic carbocycles. The predicted octanol–water partition coefficient (Wildman–Crippen LogP) is 0.783. The van der Waals surface area contributed by atoms with Crippen LogP contribution in [0.4, 0.5) is 5.82 Å². The van der Waals surface area contributed by atoms with Gasteiger partial charge in [0.25, 0.3) is 11.8 Å². The monoisotopic (exact) mass is 357 g/mol. The van der Waals surface area contributed by atoms with Crippen molar-refractivity contribution < 1.29 is 9.59 Å². The molecule has 0 saturated carbocycles. The number of aryl methyl sites for hydroxylation is 2. The molecule has 9 nitrogen and oxygen atoms in total. The summed E-state index contributed by atoms with van der Waals surface area (Å²) >= 11 is 0. The second-order valence-electron chi connectivity index (χ2n) is 7.27. The first-order valence-corrected chi connectivity index (χ1v) is 9.01. The van der Waals surface area contributed by atoms with Crippen molar-refractivity contribution in [2.24, 2.45) is 5.92 Å². The van der Waals surface area contributed by atoms with Crippen LogP contribution in [0.1, 0.15) is 49.2 Å². The van der Waals surface area contributed by atoms with Gasteiger partial charge in [0.1, 0.15) is 17.7 Å². The smallest absolute Gasteiger partial charge is 0.291 e. The fourth-order valence-corrected chi connectivity index (χ4v) is 3.76. The average Bonchev–Trinajstić information content (AvgIpc) is 3.29. The molecule has 2 aromatic rings. The topological polar surface area (TPSA) is 97.9 Å². The molecule has 2 amide bonds. The number of likely N-dealkylation sites (N-methyl/N-ethyl adjacent to an activating group) is 1. The van der Waals surface area contributed by atoms with Crippen molar-refractivity contribution in [1.29, 1.82) is 0 Å². The number of rotatable bonds is 3. The van der Waals surface area contributed by atoms with E-state index in [9.17, 15) is 9.59 Å². The van der Waals surface area contributed by atoms with Crippen LogP contribution in [-0.4, -0.2) is 49.4 Å². The summed E-state index contributed by atoms with van der Waals surface area (Å²) in [5.41, 5.74) is 0. The van der Waals surface area contributed by atoms with Crippen molar-refractivity contribution in [1.82, 2.24) is 29.9 Å². The van der Waals surface area contributed by atoms with Crippen molar-refractivity contribution in [2.45, 2.75) is 51.7 Å². The van der Waals surface area contributed by atoms with E-state index in [1.165, 1.54) is 4.90 Å². The zero-order valence-corrected chi connectivity index (χ0v) is 15.2. The highest BCUT2D eigenvalue weighted by molar-refractivity contribution is 6.00. The Bertz CT molecular complexity index is 853. The van der Waals surface area contributed by atoms with Crippen LogP contribution in [-0.2, 0) is 17.8 Å². The van der Waals surface area contributed by atoms with E-state index >= 15 is 0 Å². The van der Waals surface area contributed by atoms with Gasteiger partial charge in [0, 0.05) is 26.1 Å². The third-order valence-corrected chi connectivity index (χ3v) is 5.25. The Morgan fingerprint density at radius 2 is 2.15 bits per heavy atom. The number of carbonyl (C=O) groups excluding carboxylic acids is 2. The molecule has 4 heterocycles. The van der Waals surface area contributed by atoms with Gasteiger partial charge in [0.05, 0.1) is 12.2 Å². The molecular formula is C17H23N7O2. The van der Waals surface area contributed by atoms with Crippen LogP contribution < -0.4 is 10.2 Å². The van der Waals surface area contributed by atoms with E-state index in [-0.39, 0.29) is 17.8 Å². The number of nitrogens with one attached hydrogen (secondary N) is 1. The lowest BCUT2D eigenvalue weighted by Crippen LogP contribution is -2.47. The maximum Gasteiger partial charge on any atom is 0.291 e. The van der Waals surface area contributed by atoms with Crippen molar-refractivity contribution >= 4 is 17.6 Å². The number of nitrogens with zero attached hydrogens (tertiary/aromatic N) is 6. The minimum absolute atomic E-state index is 0.141. The minimum atomic E-state index is -0.617. The van der Waals surface area contributed by atoms with E-state index < -0.39 is 11.9 Å². The van der Waals surface area contributed by atoms with Crippen molar-refractivity contribution in [2.75, 3.05) is 11.9 Å². The summed E-state index contributed by atoms with van der Waals surface area (Å²) in [5.74, 6) is 1.59. The van der Waals surface area contributed by atoms with Gasteiger partial charge in [-0.15, -0.1) is 5.10 Å². The van der Waals surface area contributed by atoms with E-state index in [0.29, 0.717) is 18.9 Å². The van der Waals surface area contributed by atoms with Crippen LogP contribution >= 0.6 is 0 Å². The van der Waals surface area contributed by atoms with Gasteiger partial charge < -0.3 is 5.32 Å². The maximum absolute atomic E-state index is 12.7. The first kappa shape index (κ1) is 16.7. The molecule has 0 saturated heterocycles. The molecule has 2 aliphatic heterocycles. The highest BCUT2D eigenvalue weighted by atomic mass is 16.2. The number of amides is 2. The summed E-state index contributed by atoms with van der Waals surface area (Å²) in [5, 5.41) is 11.4. The largest absolute Gasteiger partial charge is 0.337 e. The molecule has 0 bridgehead atoms. The van der Waals surface area contributed by atoms with E-state index in [1.807, 2.05) is 4.68 Å². The Labute approximate surface area is 151 Å². The molecule has 4 rings (SSSR count). The standard InChI is InChI=1S/C17H23N7O2/c1-10(2)12-4-5-13-20-15(21-24(12)13)16(25)19-11-7-9-23-14(6-8-18-23)22(3)17(11)26/h6,8,10-12H,4-5,7,9H2,1-3H3,(H,19,25)/t11-,12-/m0/s1. The SMILES string of the molecule is CC(C)[C@@H]1CCc2nc(C(=O)N[C@H]3CCn4nccc4N(C)C3=O)nn21. The number of anilines is 1. The molecule has 9 heteroatoms. The van der Waals surface area contributed by atoms with Crippen molar-refractivity contribution in [3.63, 3.8) is 0 Å². The van der Waals surface area contributed by atoms with E-state index in [1.54, 1.807) is 24.0 Å². The molecule has 0 unspecified atom stereocenters. The van der Waals surface area contributed by atoms with Gasteiger partial charge in [-0.2, -0.15) is 5.10 Å². The highest BCUT2D eigenvalue weighted by Gasteiger charge is 2.33. The van der Waals surface area contributed by atoms with Gasteiger partial charge >= 0.3 is 0 Å². The third kappa shape index (κ3) is 2.67. The predicted molar refractivity (Wildman–Crippen MR) is 93.7 cm³/mol. The van der Waals surface area contributed by atoms with E-state index in [2.05, 4.69) is 34.3 Å². The van der Waals surface area contributed by atoms with Gasteiger partial charge in [-0.1, -0.05) is 13.8 Å². The fraction of sp³-hybridized carbons (Fsp3) is 0.588. The van der Waals surface area contributed by atoms with Gasteiger partial charge in [-0.3, -0.25) is 14.5 Å². The lowest BCUT2D eigenvalue weighted by molar-refractivity contribution is -0.120. The Balaban J connectivity index is 1.50. The summed E-state index contributed by atoms with van der Waals surface area (Å²) in [6.07, 6.45) is 3.98. The Kier molecular flexibility index (Phi) is 4.01. The Morgan fingerprint density at radius 1 is 1.35 bits per heavy atom. The number of fused-ring (bicyclic) bond motifs is 2. The molecular weight excluding hydrogens is 334 g/mol. The number of hydrogen-bond donors (Lipinski definition) is 1. The maximum atomic E-state index is 12.7. The average molecular weight is 357 g/mol.